The summed E-state index contributed by atoms with van der Waals surface area (Å²) in [4.78, 5) is 0. The molecule has 0 aliphatic rings. The summed E-state index contributed by atoms with van der Waals surface area (Å²) in [5, 5.41) is 0. The Hall–Kier alpha value is -1.00. The van der Waals surface area contributed by atoms with Crippen LogP contribution in [0.3, 0.4) is 0 Å². The molecule has 18 heavy (non-hydrogen) atoms. The van der Waals surface area contributed by atoms with E-state index in [-0.39, 0.29) is 5.41 Å². The lowest BCUT2D eigenvalue weighted by molar-refractivity contribution is 0.0134. The topological polar surface area (TPSA) is 18.5 Å². The first-order chi connectivity index (χ1) is 9.64. The van der Waals surface area contributed by atoms with Crippen LogP contribution in [0.15, 0.2) is 16.9 Å². The van der Waals surface area contributed by atoms with Gasteiger partial charge < -0.3 is 9.47 Å². The summed E-state index contributed by atoms with van der Waals surface area (Å²) in [6.07, 6.45) is 1.12. The molecule has 0 amide bonds. The van der Waals surface area contributed by atoms with Crippen molar-refractivity contribution in [2.75, 3.05) is 27.4 Å². The third kappa shape index (κ3) is 6.67. The zero-order valence-corrected chi connectivity index (χ0v) is 12.1. The molecular formula is C16H26O2. The maximum absolute atomic E-state index is 7.15. The van der Waals surface area contributed by atoms with E-state index >= 15 is 0 Å². The van der Waals surface area contributed by atoms with Gasteiger partial charge in [-0.1, -0.05) is 0 Å². The van der Waals surface area contributed by atoms with E-state index in [0.29, 0.717) is 26.1 Å². The number of hydrogen-bond donors (Lipinski definition) is 0. The van der Waals surface area contributed by atoms with Crippen molar-refractivity contribution in [2.24, 2.45) is 5.41 Å². The van der Waals surface area contributed by atoms with Crippen molar-refractivity contribution in [3.8, 4) is 11.8 Å². The first-order valence-corrected chi connectivity index (χ1v) is 6.02. The van der Waals surface area contributed by atoms with Crippen LogP contribution in [0.4, 0.5) is 0 Å². The summed E-state index contributed by atoms with van der Waals surface area (Å²) in [7, 11) is 3.25. The Bertz CT molecular complexity index is 436. The van der Waals surface area contributed by atoms with E-state index in [1.54, 1.807) is 14.2 Å². The van der Waals surface area contributed by atoms with E-state index < -0.39 is 6.85 Å². The van der Waals surface area contributed by atoms with Gasteiger partial charge in [0.1, 0.15) is 0 Å². The number of hydrogen-bond acceptors (Lipinski definition) is 2. The van der Waals surface area contributed by atoms with Crippen LogP contribution in [0.2, 0.25) is 0 Å². The van der Waals surface area contributed by atoms with Crippen molar-refractivity contribution in [3.63, 3.8) is 0 Å². The van der Waals surface area contributed by atoms with Gasteiger partial charge in [-0.2, -0.15) is 0 Å². The first-order valence-electron chi connectivity index (χ1n) is 7.52. The van der Waals surface area contributed by atoms with Crippen molar-refractivity contribution in [2.45, 2.75) is 40.5 Å². The summed E-state index contributed by atoms with van der Waals surface area (Å²) in [6.45, 7) is 4.68. The average molecular weight is 253 g/mol. The maximum Gasteiger partial charge on any atom is 0.0553 e. The summed E-state index contributed by atoms with van der Waals surface area (Å²) in [6, 6.07) is 0. The van der Waals surface area contributed by atoms with Gasteiger partial charge in [0, 0.05) is 30.2 Å². The minimum atomic E-state index is -2.23. The lowest BCUT2D eigenvalue weighted by Gasteiger charge is -2.30. The van der Waals surface area contributed by atoms with Crippen LogP contribution in [0, 0.1) is 17.3 Å². The molecule has 0 radical (unpaired) electrons. The predicted molar refractivity (Wildman–Crippen MR) is 76.4 cm³/mol. The van der Waals surface area contributed by atoms with Crippen molar-refractivity contribution < 1.29 is 13.6 Å². The summed E-state index contributed by atoms with van der Waals surface area (Å²) in [5.41, 5.74) is 5.12. The second-order valence-electron chi connectivity index (χ2n) is 4.93. The van der Waals surface area contributed by atoms with Crippen LogP contribution < -0.4 is 0 Å². The lowest BCUT2D eigenvalue weighted by atomic mass is 9.80. The molecule has 0 N–H and O–H groups in total. The molecule has 2 heteroatoms. The molecule has 102 valence electrons. The Kier molecular flexibility index (Phi) is 6.03. The molecule has 0 atom stereocenters. The fourth-order valence-corrected chi connectivity index (χ4v) is 2.19. The van der Waals surface area contributed by atoms with Gasteiger partial charge in [-0.15, -0.1) is 17.6 Å². The van der Waals surface area contributed by atoms with Crippen molar-refractivity contribution in [3.05, 3.63) is 16.9 Å². The number of allylic oxidation sites excluding steroid dienone is 1. The largest absolute Gasteiger partial charge is 0.384 e. The molecule has 0 aliphatic heterocycles. The van der Waals surface area contributed by atoms with Gasteiger partial charge in [-0.3, -0.25) is 0 Å². The van der Waals surface area contributed by atoms with Crippen LogP contribution in [0.5, 0.6) is 0 Å². The van der Waals surface area contributed by atoms with Crippen molar-refractivity contribution in [1.82, 2.24) is 0 Å². The zero-order chi connectivity index (χ0) is 16.5. The second-order valence-corrected chi connectivity index (χ2v) is 4.93. The molecule has 0 bridgehead atoms. The fraction of sp³-hybridized carbons (Fsp3) is 0.688. The minimum absolute atomic E-state index is 0.353. The third-order valence-electron chi connectivity index (χ3n) is 2.56. The molecule has 0 heterocycles. The second kappa shape index (κ2) is 9.00. The van der Waals surface area contributed by atoms with E-state index in [2.05, 4.69) is 17.6 Å². The third-order valence-corrected chi connectivity index (χ3v) is 2.56. The van der Waals surface area contributed by atoms with E-state index in [0.717, 1.165) is 11.1 Å². The summed E-state index contributed by atoms with van der Waals surface area (Å²) < 4.78 is 32.1. The van der Waals surface area contributed by atoms with Crippen molar-refractivity contribution >= 4 is 0 Å². The zero-order valence-electron chi connectivity index (χ0n) is 15.1. The molecule has 0 unspecified atom stereocenters. The first kappa shape index (κ1) is 12.1. The summed E-state index contributed by atoms with van der Waals surface area (Å²) in [5.74, 6) is 5.09. The highest BCUT2D eigenvalue weighted by Crippen LogP contribution is 2.30. The van der Waals surface area contributed by atoms with Gasteiger partial charge in [0.2, 0.25) is 0 Å². The van der Waals surface area contributed by atoms with Crippen LogP contribution in [0.25, 0.3) is 0 Å². The Morgan fingerprint density at radius 2 is 1.78 bits per heavy atom. The number of ether oxygens (including phenoxy) is 2. The molecule has 0 spiro atoms. The molecule has 0 rings (SSSR count). The molecule has 0 aromatic rings. The summed E-state index contributed by atoms with van der Waals surface area (Å²) >= 11 is 0. The molecule has 2 nitrogen and oxygen atoms in total. The Balaban J connectivity index is 5.33. The monoisotopic (exact) mass is 253 g/mol. The van der Waals surface area contributed by atoms with E-state index in [1.807, 2.05) is 20.8 Å². The van der Waals surface area contributed by atoms with Crippen LogP contribution in [-0.4, -0.2) is 27.4 Å². The highest BCUT2D eigenvalue weighted by atomic mass is 16.5. The van der Waals surface area contributed by atoms with Gasteiger partial charge >= 0.3 is 0 Å². The van der Waals surface area contributed by atoms with E-state index in [9.17, 15) is 0 Å². The van der Waals surface area contributed by atoms with Crippen LogP contribution in [-0.2, 0) is 9.47 Å². The quantitative estimate of drug-likeness (QED) is 0.510. The minimum Gasteiger partial charge on any atom is -0.384 e. The highest BCUT2D eigenvalue weighted by molar-refractivity contribution is 5.10. The SMILES string of the molecule is [2H]C([2H])([2H])C#CCC(COC)(COC)CC(C)=C=C(C)C. The van der Waals surface area contributed by atoms with Gasteiger partial charge in [0.15, 0.2) is 0 Å². The average Bonchev–Trinajstić information content (AvgIpc) is 2.26. The molecule has 0 aromatic carbocycles. The van der Waals surface area contributed by atoms with Crippen LogP contribution >= 0.6 is 0 Å². The number of rotatable bonds is 7. The highest BCUT2D eigenvalue weighted by Gasteiger charge is 2.30. The fourth-order valence-electron chi connectivity index (χ4n) is 2.19. The molecule has 0 aliphatic carbocycles. The maximum atomic E-state index is 7.15. The lowest BCUT2D eigenvalue weighted by Crippen LogP contribution is -2.31. The standard InChI is InChI=1S/C16H26O2/c1-7-8-9-16(12-17-5,13-18-6)11-15(4)10-14(2)3/h9,11-13H2,1-6H3/i1D3. The number of methoxy groups -OCH3 is 2. The van der Waals surface area contributed by atoms with Crippen LogP contribution in [0.1, 0.15) is 44.6 Å². The Labute approximate surface area is 116 Å². The van der Waals surface area contributed by atoms with Gasteiger partial charge in [0.25, 0.3) is 0 Å². The normalized spacial score (nSPS) is 13.5. The molecule has 0 aromatic heterocycles. The van der Waals surface area contributed by atoms with E-state index in [4.69, 9.17) is 13.6 Å². The van der Waals surface area contributed by atoms with Gasteiger partial charge in [0.05, 0.1) is 13.2 Å². The molecule has 0 fully saturated rings. The van der Waals surface area contributed by atoms with Gasteiger partial charge in [-0.05, 0) is 45.2 Å². The molecule has 0 saturated heterocycles. The van der Waals surface area contributed by atoms with Gasteiger partial charge in [-0.25, -0.2) is 0 Å². The Morgan fingerprint density at radius 3 is 2.22 bits per heavy atom. The van der Waals surface area contributed by atoms with E-state index in [1.165, 1.54) is 0 Å². The smallest absolute Gasteiger partial charge is 0.0553 e. The Morgan fingerprint density at radius 1 is 1.17 bits per heavy atom. The molecule has 0 saturated carbocycles. The molecular weight excluding hydrogens is 224 g/mol. The predicted octanol–water partition coefficient (Wildman–Crippen LogP) is 3.58. The van der Waals surface area contributed by atoms with Crippen molar-refractivity contribution in [1.29, 1.82) is 0 Å².